The first-order valence-corrected chi connectivity index (χ1v) is 8.05. The molecule has 0 aliphatic rings. The third kappa shape index (κ3) is 3.39. The zero-order valence-corrected chi connectivity index (χ0v) is 14.7. The summed E-state index contributed by atoms with van der Waals surface area (Å²) in [7, 11) is 0. The molecule has 3 rings (SSSR count). The van der Waals surface area contributed by atoms with Gasteiger partial charge in [-0.3, -0.25) is 0 Å². The Morgan fingerprint density at radius 2 is 1.92 bits per heavy atom. The Morgan fingerprint density at radius 1 is 1.23 bits per heavy atom. The summed E-state index contributed by atoms with van der Waals surface area (Å²) in [6.07, 6.45) is 1.32. The number of carboxylic acids is 1. The molecule has 0 atom stereocenters. The number of benzene rings is 1. The average Bonchev–Trinajstić information content (AvgIpc) is 2.92. The zero-order valence-electron chi connectivity index (χ0n) is 14.0. The van der Waals surface area contributed by atoms with Gasteiger partial charge in [0.1, 0.15) is 5.02 Å². The molecule has 26 heavy (non-hydrogen) atoms. The fourth-order valence-electron chi connectivity index (χ4n) is 2.25. The average molecular weight is 376 g/mol. The molecule has 2 aromatic heterocycles. The van der Waals surface area contributed by atoms with Gasteiger partial charge in [-0.1, -0.05) is 29.8 Å². The van der Waals surface area contributed by atoms with E-state index in [4.69, 9.17) is 16.3 Å². The van der Waals surface area contributed by atoms with E-state index in [2.05, 4.69) is 10.1 Å². The first-order chi connectivity index (χ1) is 12.3. The maximum Gasteiger partial charge on any atom is 0.347 e. The fraction of sp³-hybridized carbons (Fsp3) is 0.167. The number of hydrogen-bond donors (Lipinski definition) is 1. The Bertz CT molecular complexity index is 940. The summed E-state index contributed by atoms with van der Waals surface area (Å²) >= 11 is 6.44. The van der Waals surface area contributed by atoms with E-state index in [1.165, 1.54) is 36.9 Å². The molecule has 0 spiro atoms. The lowest BCUT2D eigenvalue weighted by Crippen LogP contribution is -2.38. The molecule has 0 amide bonds. The van der Waals surface area contributed by atoms with Crippen molar-refractivity contribution in [2.24, 2.45) is 0 Å². The van der Waals surface area contributed by atoms with Crippen molar-refractivity contribution >= 4 is 17.6 Å². The molecule has 0 saturated heterocycles. The number of carbonyl (C=O) groups is 1. The molecule has 0 bridgehead atoms. The van der Waals surface area contributed by atoms with Gasteiger partial charge in [-0.25, -0.2) is 14.5 Å². The van der Waals surface area contributed by atoms with Crippen molar-refractivity contribution in [2.45, 2.75) is 19.4 Å². The Hall–Kier alpha value is -2.93. The van der Waals surface area contributed by atoms with E-state index in [-0.39, 0.29) is 10.9 Å². The van der Waals surface area contributed by atoms with E-state index in [0.717, 1.165) is 0 Å². The number of pyridine rings is 1. The third-order valence-electron chi connectivity index (χ3n) is 3.67. The second kappa shape index (κ2) is 6.76. The molecule has 134 valence electrons. The lowest BCUT2D eigenvalue weighted by atomic mass is 10.1. The van der Waals surface area contributed by atoms with Crippen LogP contribution in [0.3, 0.4) is 0 Å². The highest BCUT2D eigenvalue weighted by Gasteiger charge is 2.33. The molecule has 0 saturated carbocycles. The summed E-state index contributed by atoms with van der Waals surface area (Å²) in [6.45, 7) is 2.79. The molecular formula is C18H15ClFN3O3. The quantitative estimate of drug-likeness (QED) is 0.683. The number of ether oxygens (including phenoxy) is 1. The summed E-state index contributed by atoms with van der Waals surface area (Å²) < 4.78 is 20.2. The Labute approximate surface area is 153 Å². The predicted molar refractivity (Wildman–Crippen MR) is 94.1 cm³/mol. The number of aromatic nitrogens is 3. The maximum absolute atomic E-state index is 13.2. The Kier molecular flexibility index (Phi) is 4.65. The molecule has 0 unspecified atom stereocenters. The highest BCUT2D eigenvalue weighted by molar-refractivity contribution is 6.34. The van der Waals surface area contributed by atoms with E-state index in [9.17, 15) is 14.3 Å². The first-order valence-electron chi connectivity index (χ1n) is 7.68. The van der Waals surface area contributed by atoms with Crippen molar-refractivity contribution < 1.29 is 19.0 Å². The van der Waals surface area contributed by atoms with Gasteiger partial charge in [0.15, 0.2) is 0 Å². The minimum atomic E-state index is -1.53. The number of nitrogens with zero attached hydrogens (tertiary/aromatic N) is 3. The molecule has 0 aliphatic carbocycles. The van der Waals surface area contributed by atoms with Crippen LogP contribution in [-0.2, 0) is 4.79 Å². The van der Waals surface area contributed by atoms with Gasteiger partial charge in [0.2, 0.25) is 11.5 Å². The third-order valence-corrected chi connectivity index (χ3v) is 4.01. The van der Waals surface area contributed by atoms with E-state index in [0.29, 0.717) is 16.9 Å². The molecule has 1 N–H and O–H groups in total. The Balaban J connectivity index is 2.18. The van der Waals surface area contributed by atoms with E-state index in [1.807, 2.05) is 18.2 Å². The second-order valence-electron chi connectivity index (χ2n) is 6.00. The van der Waals surface area contributed by atoms with E-state index >= 15 is 0 Å². The van der Waals surface area contributed by atoms with E-state index < -0.39 is 17.5 Å². The van der Waals surface area contributed by atoms with Crippen molar-refractivity contribution in [1.82, 2.24) is 14.8 Å². The van der Waals surface area contributed by atoms with Crippen molar-refractivity contribution in [3.8, 4) is 22.8 Å². The first kappa shape index (κ1) is 17.9. The van der Waals surface area contributed by atoms with Crippen LogP contribution in [0.2, 0.25) is 5.02 Å². The van der Waals surface area contributed by atoms with Gasteiger partial charge in [-0.05, 0) is 38.1 Å². The smallest absolute Gasteiger partial charge is 0.347 e. The van der Waals surface area contributed by atoms with Crippen LogP contribution in [0.25, 0.3) is 16.9 Å². The Morgan fingerprint density at radius 3 is 2.50 bits per heavy atom. The van der Waals surface area contributed by atoms with Crippen LogP contribution in [0.1, 0.15) is 13.8 Å². The predicted octanol–water partition coefficient (Wildman–Crippen LogP) is 3.97. The molecule has 3 aromatic rings. The molecule has 0 radical (unpaired) electrons. The van der Waals surface area contributed by atoms with E-state index in [1.54, 1.807) is 12.1 Å². The van der Waals surface area contributed by atoms with Crippen LogP contribution in [0.15, 0.2) is 48.7 Å². The second-order valence-corrected chi connectivity index (χ2v) is 6.38. The molecule has 0 fully saturated rings. The standard InChI is InChI=1S/C18H15ClFN3O3/c1-18(2,17(24)25)26-16-14(19)15(11-8-9-13(20)21-10-11)23(22-16)12-6-4-3-5-7-12/h3-10H,1-2H3,(H,24,25). The van der Waals surface area contributed by atoms with Crippen LogP contribution in [0, 0.1) is 5.95 Å². The van der Waals surface area contributed by atoms with Crippen LogP contribution in [-0.4, -0.2) is 31.4 Å². The summed E-state index contributed by atoms with van der Waals surface area (Å²) in [5.41, 5.74) is 0.0756. The normalized spacial score (nSPS) is 11.4. The number of carboxylic acid groups (broad SMARTS) is 1. The van der Waals surface area contributed by atoms with Crippen molar-refractivity contribution in [3.05, 3.63) is 59.6 Å². The zero-order chi connectivity index (χ0) is 18.9. The number of hydrogen-bond acceptors (Lipinski definition) is 4. The topological polar surface area (TPSA) is 77.2 Å². The fourth-order valence-corrected chi connectivity index (χ4v) is 2.52. The van der Waals surface area contributed by atoms with Crippen molar-refractivity contribution in [3.63, 3.8) is 0 Å². The molecule has 1 aromatic carbocycles. The van der Waals surface area contributed by atoms with Gasteiger partial charge < -0.3 is 9.84 Å². The number of halogens is 2. The van der Waals surface area contributed by atoms with Crippen molar-refractivity contribution in [1.29, 1.82) is 0 Å². The molecule has 6 nitrogen and oxygen atoms in total. The summed E-state index contributed by atoms with van der Waals surface area (Å²) in [6, 6.07) is 11.8. The van der Waals surface area contributed by atoms with Gasteiger partial charge in [0.05, 0.1) is 11.4 Å². The molecular weight excluding hydrogens is 361 g/mol. The summed E-state index contributed by atoms with van der Waals surface area (Å²) in [5.74, 6) is -1.82. The van der Waals surface area contributed by atoms with Crippen molar-refractivity contribution in [2.75, 3.05) is 0 Å². The monoisotopic (exact) mass is 375 g/mol. The number of para-hydroxylation sites is 1. The molecule has 0 aliphatic heterocycles. The number of rotatable bonds is 5. The van der Waals surface area contributed by atoms with Crippen LogP contribution in [0.4, 0.5) is 4.39 Å². The highest BCUT2D eigenvalue weighted by atomic mass is 35.5. The lowest BCUT2D eigenvalue weighted by Gasteiger charge is -2.19. The number of aliphatic carboxylic acids is 1. The van der Waals surface area contributed by atoms with Gasteiger partial charge >= 0.3 is 5.97 Å². The van der Waals surface area contributed by atoms with Gasteiger partial charge in [0.25, 0.3) is 5.88 Å². The molecule has 8 heteroatoms. The van der Waals surface area contributed by atoms with Gasteiger partial charge in [-0.15, -0.1) is 5.10 Å². The van der Waals surface area contributed by atoms with Crippen LogP contribution in [0.5, 0.6) is 5.88 Å². The summed E-state index contributed by atoms with van der Waals surface area (Å²) in [4.78, 5) is 15.0. The summed E-state index contributed by atoms with van der Waals surface area (Å²) in [5, 5.41) is 13.7. The lowest BCUT2D eigenvalue weighted by molar-refractivity contribution is -0.152. The minimum Gasteiger partial charge on any atom is -0.478 e. The van der Waals surface area contributed by atoms with Crippen LogP contribution < -0.4 is 4.74 Å². The highest BCUT2D eigenvalue weighted by Crippen LogP contribution is 2.38. The minimum absolute atomic E-state index is 0.0396. The van der Waals surface area contributed by atoms with Gasteiger partial charge in [-0.2, -0.15) is 4.39 Å². The van der Waals surface area contributed by atoms with Crippen LogP contribution >= 0.6 is 11.6 Å². The van der Waals surface area contributed by atoms with Gasteiger partial charge in [0, 0.05) is 11.8 Å². The molecule has 2 heterocycles. The maximum atomic E-state index is 13.2. The SMILES string of the molecule is CC(C)(Oc1nn(-c2ccccc2)c(-c2ccc(F)nc2)c1Cl)C(=O)O. The largest absolute Gasteiger partial charge is 0.478 e.